The van der Waals surface area contributed by atoms with Crippen molar-refractivity contribution in [2.45, 2.75) is 52.4 Å². The Labute approximate surface area is 166 Å². The lowest BCUT2D eigenvalue weighted by Crippen LogP contribution is -2.33. The zero-order valence-electron chi connectivity index (χ0n) is 17.0. The zero-order valence-corrected chi connectivity index (χ0v) is 17.0. The molecule has 0 heterocycles. The second kappa shape index (κ2) is 10.6. The normalized spacial score (nSPS) is 13.1. The van der Waals surface area contributed by atoms with Gasteiger partial charge in [0.1, 0.15) is 0 Å². The van der Waals surface area contributed by atoms with Crippen molar-refractivity contribution in [3.05, 3.63) is 59.7 Å². The van der Waals surface area contributed by atoms with E-state index in [0.29, 0.717) is 6.04 Å². The van der Waals surface area contributed by atoms with Crippen LogP contribution in [0.4, 0.5) is 13.2 Å². The highest BCUT2D eigenvalue weighted by atomic mass is 19.4. The second-order valence-corrected chi connectivity index (χ2v) is 7.16. The summed E-state index contributed by atoms with van der Waals surface area (Å²) in [7, 11) is 0. The van der Waals surface area contributed by atoms with Gasteiger partial charge >= 0.3 is 6.18 Å². The highest BCUT2D eigenvalue weighted by Crippen LogP contribution is 2.31. The topological polar surface area (TPSA) is 15.3 Å². The monoisotopic (exact) mass is 392 g/mol. The Morgan fingerprint density at radius 2 is 1.43 bits per heavy atom. The quantitative estimate of drug-likeness (QED) is 0.501. The van der Waals surface area contributed by atoms with Crippen LogP contribution in [-0.4, -0.2) is 30.6 Å². The van der Waals surface area contributed by atoms with Gasteiger partial charge in [-0.15, -0.1) is 0 Å². The fourth-order valence-corrected chi connectivity index (χ4v) is 3.45. The van der Waals surface area contributed by atoms with E-state index in [0.717, 1.165) is 55.9 Å². The lowest BCUT2D eigenvalue weighted by atomic mass is 10.0. The van der Waals surface area contributed by atoms with E-state index in [-0.39, 0.29) is 0 Å². The zero-order chi connectivity index (χ0) is 20.6. The van der Waals surface area contributed by atoms with Crippen LogP contribution in [0.25, 0.3) is 11.1 Å². The molecule has 2 rings (SSSR count). The molecule has 0 radical (unpaired) electrons. The van der Waals surface area contributed by atoms with Gasteiger partial charge in [-0.25, -0.2) is 0 Å². The summed E-state index contributed by atoms with van der Waals surface area (Å²) in [5, 5.41) is 3.47. The van der Waals surface area contributed by atoms with Crippen LogP contribution in [0, 0.1) is 0 Å². The number of rotatable bonds is 10. The first-order chi connectivity index (χ1) is 13.3. The molecule has 1 atom stereocenters. The molecule has 154 valence electrons. The number of nitrogens with one attached hydrogen (secondary N) is 1. The molecule has 0 saturated heterocycles. The summed E-state index contributed by atoms with van der Waals surface area (Å²) < 4.78 is 38.0. The van der Waals surface area contributed by atoms with Gasteiger partial charge < -0.3 is 10.2 Å². The number of halogens is 3. The lowest BCUT2D eigenvalue weighted by Gasteiger charge is -2.26. The minimum Gasteiger partial charge on any atom is -0.313 e. The first-order valence-corrected chi connectivity index (χ1v) is 10.1. The van der Waals surface area contributed by atoms with Gasteiger partial charge in [-0.3, -0.25) is 0 Å². The van der Waals surface area contributed by atoms with Gasteiger partial charge in [-0.05, 0) is 68.2 Å². The molecule has 5 heteroatoms. The van der Waals surface area contributed by atoms with Crippen molar-refractivity contribution in [1.82, 2.24) is 10.2 Å². The van der Waals surface area contributed by atoms with Crippen LogP contribution in [0.5, 0.6) is 0 Å². The van der Waals surface area contributed by atoms with Crippen molar-refractivity contribution in [2.24, 2.45) is 0 Å². The van der Waals surface area contributed by atoms with Gasteiger partial charge in [0.05, 0.1) is 5.56 Å². The summed E-state index contributed by atoms with van der Waals surface area (Å²) in [5.41, 5.74) is 2.27. The SMILES string of the molecule is CCN(CC)C(C)CCCNCc1ccc(-c2ccc(C(F)(F)F)cc2)cc1. The third kappa shape index (κ3) is 6.64. The van der Waals surface area contributed by atoms with E-state index in [9.17, 15) is 13.2 Å². The third-order valence-electron chi connectivity index (χ3n) is 5.24. The number of hydrogen-bond acceptors (Lipinski definition) is 2. The molecule has 0 saturated carbocycles. The number of alkyl halides is 3. The molecule has 0 aliphatic rings. The third-order valence-corrected chi connectivity index (χ3v) is 5.24. The molecule has 0 bridgehead atoms. The molecule has 2 aromatic rings. The van der Waals surface area contributed by atoms with E-state index in [1.165, 1.54) is 24.1 Å². The Balaban J connectivity index is 1.78. The van der Waals surface area contributed by atoms with Crippen molar-refractivity contribution in [3.63, 3.8) is 0 Å². The van der Waals surface area contributed by atoms with E-state index in [4.69, 9.17) is 0 Å². The molecule has 1 unspecified atom stereocenters. The molecule has 28 heavy (non-hydrogen) atoms. The highest BCUT2D eigenvalue weighted by Gasteiger charge is 2.29. The molecule has 0 aromatic heterocycles. The molecule has 0 aliphatic heterocycles. The second-order valence-electron chi connectivity index (χ2n) is 7.16. The van der Waals surface area contributed by atoms with Crippen LogP contribution in [0.2, 0.25) is 0 Å². The maximum Gasteiger partial charge on any atom is 0.416 e. The summed E-state index contributed by atoms with van der Waals surface area (Å²) in [6.45, 7) is 10.7. The van der Waals surface area contributed by atoms with Crippen molar-refractivity contribution in [3.8, 4) is 11.1 Å². The smallest absolute Gasteiger partial charge is 0.313 e. The van der Waals surface area contributed by atoms with Crippen molar-refractivity contribution < 1.29 is 13.2 Å². The first-order valence-electron chi connectivity index (χ1n) is 10.1. The Hall–Kier alpha value is -1.85. The maximum absolute atomic E-state index is 12.7. The summed E-state index contributed by atoms with van der Waals surface area (Å²) in [5.74, 6) is 0. The van der Waals surface area contributed by atoms with Crippen LogP contribution >= 0.6 is 0 Å². The van der Waals surface area contributed by atoms with Crippen LogP contribution in [-0.2, 0) is 12.7 Å². The van der Waals surface area contributed by atoms with Crippen LogP contribution in [0.3, 0.4) is 0 Å². The fourth-order valence-electron chi connectivity index (χ4n) is 3.45. The van der Waals surface area contributed by atoms with Crippen LogP contribution < -0.4 is 5.32 Å². The number of nitrogens with zero attached hydrogens (tertiary/aromatic N) is 1. The molecule has 0 fully saturated rings. The van der Waals surface area contributed by atoms with Gasteiger partial charge in [0.2, 0.25) is 0 Å². The number of hydrogen-bond donors (Lipinski definition) is 1. The number of benzene rings is 2. The molecular formula is C23H31F3N2. The Morgan fingerprint density at radius 1 is 0.893 bits per heavy atom. The predicted octanol–water partition coefficient (Wildman–Crippen LogP) is 5.97. The van der Waals surface area contributed by atoms with Crippen molar-refractivity contribution in [2.75, 3.05) is 19.6 Å². The fraction of sp³-hybridized carbons (Fsp3) is 0.478. The summed E-state index contributed by atoms with van der Waals surface area (Å²) in [6.07, 6.45) is -1.97. The lowest BCUT2D eigenvalue weighted by molar-refractivity contribution is -0.137. The molecule has 0 amide bonds. The minimum absolute atomic E-state index is 0.611. The van der Waals surface area contributed by atoms with E-state index >= 15 is 0 Å². The van der Waals surface area contributed by atoms with E-state index in [1.54, 1.807) is 0 Å². The van der Waals surface area contributed by atoms with E-state index < -0.39 is 11.7 Å². The maximum atomic E-state index is 12.7. The van der Waals surface area contributed by atoms with E-state index in [2.05, 4.69) is 31.0 Å². The summed E-state index contributed by atoms with van der Waals surface area (Å²) in [4.78, 5) is 2.47. The van der Waals surface area contributed by atoms with Crippen molar-refractivity contribution >= 4 is 0 Å². The minimum atomic E-state index is -4.29. The molecule has 0 aliphatic carbocycles. The molecule has 1 N–H and O–H groups in total. The molecule has 2 nitrogen and oxygen atoms in total. The Kier molecular flexibility index (Phi) is 8.52. The molecule has 2 aromatic carbocycles. The van der Waals surface area contributed by atoms with Gasteiger partial charge in [-0.2, -0.15) is 13.2 Å². The Morgan fingerprint density at radius 3 is 1.93 bits per heavy atom. The van der Waals surface area contributed by atoms with Crippen LogP contribution in [0.15, 0.2) is 48.5 Å². The summed E-state index contributed by atoms with van der Waals surface area (Å²) >= 11 is 0. The van der Waals surface area contributed by atoms with Crippen molar-refractivity contribution in [1.29, 1.82) is 0 Å². The first kappa shape index (κ1) is 22.4. The molecular weight excluding hydrogens is 361 g/mol. The standard InChI is InChI=1S/C23H31F3N2/c1-4-28(5-2)18(3)7-6-16-27-17-19-8-10-20(11-9-19)21-12-14-22(15-13-21)23(24,25)26/h8-15,18,27H,4-7,16-17H2,1-3H3. The van der Waals surface area contributed by atoms with Gasteiger partial charge in [0.25, 0.3) is 0 Å². The van der Waals surface area contributed by atoms with Gasteiger partial charge in [0, 0.05) is 12.6 Å². The van der Waals surface area contributed by atoms with Gasteiger partial charge in [-0.1, -0.05) is 50.2 Å². The largest absolute Gasteiger partial charge is 0.416 e. The molecule has 0 spiro atoms. The Bertz CT molecular complexity index is 689. The predicted molar refractivity (Wildman–Crippen MR) is 110 cm³/mol. The van der Waals surface area contributed by atoms with Crippen LogP contribution in [0.1, 0.15) is 44.7 Å². The van der Waals surface area contributed by atoms with E-state index in [1.807, 2.05) is 24.3 Å². The average Bonchev–Trinajstić information content (AvgIpc) is 2.68. The summed E-state index contributed by atoms with van der Waals surface area (Å²) in [6, 6.07) is 13.9. The van der Waals surface area contributed by atoms with Gasteiger partial charge in [0.15, 0.2) is 0 Å². The highest BCUT2D eigenvalue weighted by molar-refractivity contribution is 5.64. The average molecular weight is 393 g/mol.